The van der Waals surface area contributed by atoms with E-state index in [4.69, 9.17) is 10.8 Å². The number of rotatable bonds is 4. The zero-order valence-corrected chi connectivity index (χ0v) is 11.5. The first-order chi connectivity index (χ1) is 8.75. The molecule has 0 aliphatic carbocycles. The Morgan fingerprint density at radius 3 is 2.58 bits per heavy atom. The zero-order valence-electron chi connectivity index (χ0n) is 11.5. The Morgan fingerprint density at radius 1 is 1.47 bits per heavy atom. The molecular weight excluding hydrogens is 247 g/mol. The van der Waals surface area contributed by atoms with E-state index < -0.39 is 11.7 Å². The van der Waals surface area contributed by atoms with Crippen LogP contribution in [-0.2, 0) is 0 Å². The lowest BCUT2D eigenvalue weighted by atomic mass is 9.84. The van der Waals surface area contributed by atoms with E-state index in [1.165, 1.54) is 12.1 Å². The number of nitrogens with one attached hydrogen (secondary N) is 1. The molecule has 4 N–H and O–H groups in total. The van der Waals surface area contributed by atoms with Crippen LogP contribution in [0.15, 0.2) is 18.2 Å². The molecule has 1 unspecified atom stereocenters. The summed E-state index contributed by atoms with van der Waals surface area (Å²) >= 11 is 0. The molecule has 0 fully saturated rings. The van der Waals surface area contributed by atoms with Crippen LogP contribution in [0.4, 0.5) is 10.1 Å². The van der Waals surface area contributed by atoms with E-state index in [0.29, 0.717) is 6.42 Å². The molecule has 0 aliphatic heterocycles. The average molecular weight is 268 g/mol. The Kier molecular flexibility index (Phi) is 4.89. The number of anilines is 1. The smallest absolute Gasteiger partial charge is 0.254 e. The molecule has 0 spiro atoms. The van der Waals surface area contributed by atoms with E-state index in [1.807, 2.05) is 20.8 Å². The molecule has 0 aromatic heterocycles. The molecule has 106 valence electrons. The highest BCUT2D eigenvalue weighted by molar-refractivity contribution is 5.95. The third-order valence-electron chi connectivity index (χ3n) is 3.01. The summed E-state index contributed by atoms with van der Waals surface area (Å²) in [5, 5.41) is 11.8. The van der Waals surface area contributed by atoms with Gasteiger partial charge in [0.25, 0.3) is 5.91 Å². The molecule has 0 radical (unpaired) electrons. The van der Waals surface area contributed by atoms with E-state index in [2.05, 4.69) is 5.32 Å². The number of hydrogen-bond donors (Lipinski definition) is 3. The van der Waals surface area contributed by atoms with Gasteiger partial charge in [0.2, 0.25) is 0 Å². The summed E-state index contributed by atoms with van der Waals surface area (Å²) in [6, 6.07) is 3.73. The van der Waals surface area contributed by atoms with Crippen LogP contribution in [0.25, 0.3) is 0 Å². The van der Waals surface area contributed by atoms with E-state index >= 15 is 0 Å². The van der Waals surface area contributed by atoms with Crippen LogP contribution in [0.1, 0.15) is 37.6 Å². The highest BCUT2D eigenvalue weighted by Crippen LogP contribution is 2.22. The molecule has 0 bridgehead atoms. The van der Waals surface area contributed by atoms with Crippen LogP contribution >= 0.6 is 0 Å². The lowest BCUT2D eigenvalue weighted by molar-refractivity contribution is 0.0881. The van der Waals surface area contributed by atoms with Crippen molar-refractivity contribution in [3.63, 3.8) is 0 Å². The van der Waals surface area contributed by atoms with Gasteiger partial charge in [-0.15, -0.1) is 0 Å². The number of aliphatic hydroxyl groups excluding tert-OH is 1. The highest BCUT2D eigenvalue weighted by atomic mass is 19.1. The van der Waals surface area contributed by atoms with Gasteiger partial charge in [0.1, 0.15) is 5.82 Å². The number of halogens is 1. The number of amides is 1. The molecule has 0 aliphatic rings. The number of nitrogen functional groups attached to an aromatic ring is 1. The number of carbonyl (C=O) groups excluding carboxylic acids is 1. The van der Waals surface area contributed by atoms with E-state index in [-0.39, 0.29) is 29.3 Å². The fraction of sp³-hybridized carbons (Fsp3) is 0.500. The van der Waals surface area contributed by atoms with Gasteiger partial charge in [-0.05, 0) is 30.0 Å². The van der Waals surface area contributed by atoms with E-state index in [0.717, 1.165) is 6.07 Å². The SMILES string of the molecule is CC(C)(C)C(CCO)NC(=O)c1ccc(N)cc1F. The number of carbonyl (C=O) groups is 1. The lowest BCUT2D eigenvalue weighted by Crippen LogP contribution is -2.44. The van der Waals surface area contributed by atoms with Crippen molar-refractivity contribution in [3.05, 3.63) is 29.6 Å². The predicted molar refractivity (Wildman–Crippen MR) is 73.2 cm³/mol. The molecule has 1 atom stereocenters. The summed E-state index contributed by atoms with van der Waals surface area (Å²) in [4.78, 5) is 12.0. The van der Waals surface area contributed by atoms with Crippen molar-refractivity contribution in [2.75, 3.05) is 12.3 Å². The Morgan fingerprint density at radius 2 is 2.11 bits per heavy atom. The minimum atomic E-state index is -0.644. The van der Waals surface area contributed by atoms with Crippen molar-refractivity contribution in [1.29, 1.82) is 0 Å². The van der Waals surface area contributed by atoms with Crippen LogP contribution in [0.2, 0.25) is 0 Å². The predicted octanol–water partition coefficient (Wildman–Crippen LogP) is 1.93. The molecular formula is C14H21FN2O2. The third kappa shape index (κ3) is 4.21. The quantitative estimate of drug-likeness (QED) is 0.730. The minimum absolute atomic E-state index is 0.0353. The van der Waals surface area contributed by atoms with E-state index in [9.17, 15) is 9.18 Å². The Labute approximate surface area is 112 Å². The van der Waals surface area contributed by atoms with Crippen LogP contribution in [0, 0.1) is 11.2 Å². The van der Waals surface area contributed by atoms with Crippen LogP contribution < -0.4 is 11.1 Å². The van der Waals surface area contributed by atoms with Crippen molar-refractivity contribution in [1.82, 2.24) is 5.32 Å². The first kappa shape index (κ1) is 15.4. The zero-order chi connectivity index (χ0) is 14.6. The Hall–Kier alpha value is -1.62. The molecule has 1 rings (SSSR count). The molecule has 0 heterocycles. The summed E-state index contributed by atoms with van der Waals surface area (Å²) in [6.45, 7) is 5.82. The number of nitrogens with two attached hydrogens (primary N) is 1. The largest absolute Gasteiger partial charge is 0.399 e. The standard InChI is InChI=1S/C14H21FN2O2/c1-14(2,3)12(6-7-18)17-13(19)10-5-4-9(16)8-11(10)15/h4-5,8,12,18H,6-7,16H2,1-3H3,(H,17,19). The van der Waals surface area contributed by atoms with Gasteiger partial charge in [-0.3, -0.25) is 4.79 Å². The second kappa shape index (κ2) is 6.02. The van der Waals surface area contributed by atoms with Gasteiger partial charge in [-0.2, -0.15) is 0 Å². The molecule has 5 heteroatoms. The Bertz CT molecular complexity index is 455. The summed E-state index contributed by atoms with van der Waals surface area (Å²) in [5.41, 5.74) is 5.46. The fourth-order valence-corrected chi connectivity index (χ4v) is 1.80. The second-order valence-electron chi connectivity index (χ2n) is 5.64. The molecule has 0 saturated heterocycles. The van der Waals surface area contributed by atoms with Crippen LogP contribution in [0.3, 0.4) is 0 Å². The number of aliphatic hydroxyl groups is 1. The maximum atomic E-state index is 13.6. The van der Waals surface area contributed by atoms with Crippen molar-refractivity contribution in [2.45, 2.75) is 33.2 Å². The van der Waals surface area contributed by atoms with Gasteiger partial charge in [0.05, 0.1) is 5.56 Å². The topological polar surface area (TPSA) is 75.3 Å². The molecule has 4 nitrogen and oxygen atoms in total. The molecule has 0 saturated carbocycles. The van der Waals surface area contributed by atoms with Crippen molar-refractivity contribution in [3.8, 4) is 0 Å². The second-order valence-corrected chi connectivity index (χ2v) is 5.64. The summed E-state index contributed by atoms with van der Waals surface area (Å²) in [5.74, 6) is -1.14. The van der Waals surface area contributed by atoms with Gasteiger partial charge in [-0.1, -0.05) is 20.8 Å². The third-order valence-corrected chi connectivity index (χ3v) is 3.01. The summed E-state index contributed by atoms with van der Waals surface area (Å²) in [6.07, 6.45) is 0.422. The highest BCUT2D eigenvalue weighted by Gasteiger charge is 2.26. The number of hydrogen-bond acceptors (Lipinski definition) is 3. The summed E-state index contributed by atoms with van der Waals surface area (Å²) in [7, 11) is 0. The molecule has 1 aromatic rings. The Balaban J connectivity index is 2.88. The van der Waals surface area contributed by atoms with Gasteiger partial charge >= 0.3 is 0 Å². The van der Waals surface area contributed by atoms with Crippen LogP contribution in [-0.4, -0.2) is 23.7 Å². The van der Waals surface area contributed by atoms with Crippen molar-refractivity contribution >= 4 is 11.6 Å². The number of benzene rings is 1. The van der Waals surface area contributed by atoms with Gasteiger partial charge in [0.15, 0.2) is 0 Å². The average Bonchev–Trinajstić information content (AvgIpc) is 2.26. The van der Waals surface area contributed by atoms with Crippen LogP contribution in [0.5, 0.6) is 0 Å². The maximum Gasteiger partial charge on any atom is 0.254 e. The maximum absolute atomic E-state index is 13.6. The first-order valence-electron chi connectivity index (χ1n) is 6.22. The van der Waals surface area contributed by atoms with Gasteiger partial charge in [-0.25, -0.2) is 4.39 Å². The van der Waals surface area contributed by atoms with Gasteiger partial charge < -0.3 is 16.2 Å². The molecule has 1 amide bonds. The lowest BCUT2D eigenvalue weighted by Gasteiger charge is -2.31. The fourth-order valence-electron chi connectivity index (χ4n) is 1.80. The molecule has 1 aromatic carbocycles. The minimum Gasteiger partial charge on any atom is -0.399 e. The normalized spacial score (nSPS) is 13.1. The summed E-state index contributed by atoms with van der Waals surface area (Å²) < 4.78 is 13.6. The van der Waals surface area contributed by atoms with Crippen molar-refractivity contribution < 1.29 is 14.3 Å². The van der Waals surface area contributed by atoms with E-state index in [1.54, 1.807) is 0 Å². The van der Waals surface area contributed by atoms with Gasteiger partial charge in [0, 0.05) is 18.3 Å². The monoisotopic (exact) mass is 268 g/mol. The first-order valence-corrected chi connectivity index (χ1v) is 6.22. The van der Waals surface area contributed by atoms with Crippen molar-refractivity contribution in [2.24, 2.45) is 5.41 Å². The molecule has 19 heavy (non-hydrogen) atoms.